The molecule has 1 atom stereocenters. The molecule has 2 aromatic heterocycles. The molecule has 192 valence electrons. The number of fused-ring (bicyclic) bond motifs is 1. The lowest BCUT2D eigenvalue weighted by Crippen LogP contribution is -2.44. The van der Waals surface area contributed by atoms with Crippen molar-refractivity contribution in [2.75, 3.05) is 31.5 Å². The minimum Gasteiger partial charge on any atom is -0.444 e. The molecular weight excluding hydrogens is 448 g/mol. The Labute approximate surface area is 207 Å². The van der Waals surface area contributed by atoms with Gasteiger partial charge in [0.2, 0.25) is 0 Å². The van der Waals surface area contributed by atoms with Crippen LogP contribution in [0.25, 0.3) is 5.65 Å². The second kappa shape index (κ2) is 9.91. The highest BCUT2D eigenvalue weighted by Crippen LogP contribution is 2.24. The summed E-state index contributed by atoms with van der Waals surface area (Å²) in [5, 5.41) is 3.56. The molecule has 2 aromatic rings. The summed E-state index contributed by atoms with van der Waals surface area (Å²) < 4.78 is 13.2. The number of aryl methyl sites for hydroxylation is 1. The van der Waals surface area contributed by atoms with E-state index in [9.17, 15) is 9.59 Å². The Balaban J connectivity index is 1.28. The Morgan fingerprint density at radius 3 is 2.43 bits per heavy atom. The Morgan fingerprint density at radius 2 is 1.77 bits per heavy atom. The van der Waals surface area contributed by atoms with Gasteiger partial charge in [0.1, 0.15) is 11.7 Å². The molecule has 2 aliphatic heterocycles. The molecule has 2 fully saturated rings. The van der Waals surface area contributed by atoms with Gasteiger partial charge in [-0.15, -0.1) is 0 Å². The van der Waals surface area contributed by atoms with E-state index >= 15 is 0 Å². The van der Waals surface area contributed by atoms with Crippen LogP contribution in [-0.2, 0) is 9.47 Å². The van der Waals surface area contributed by atoms with Crippen LogP contribution in [0.2, 0.25) is 0 Å². The molecule has 0 aliphatic carbocycles. The Morgan fingerprint density at radius 1 is 1.09 bits per heavy atom. The molecule has 0 unspecified atom stereocenters. The van der Waals surface area contributed by atoms with Crippen LogP contribution in [0.3, 0.4) is 0 Å². The summed E-state index contributed by atoms with van der Waals surface area (Å²) in [5.74, 6) is 1.15. The van der Waals surface area contributed by atoms with E-state index in [1.807, 2.05) is 40.1 Å². The van der Waals surface area contributed by atoms with Crippen molar-refractivity contribution in [3.05, 3.63) is 23.8 Å². The van der Waals surface area contributed by atoms with Gasteiger partial charge in [-0.05, 0) is 46.5 Å². The molecule has 1 N–H and O–H groups in total. The van der Waals surface area contributed by atoms with E-state index in [2.05, 4.69) is 28.5 Å². The number of nitrogens with zero attached hydrogens (tertiary/aromatic N) is 5. The fourth-order valence-electron chi connectivity index (χ4n) is 4.58. The third-order valence-electron chi connectivity index (χ3n) is 6.39. The van der Waals surface area contributed by atoms with Crippen molar-refractivity contribution in [2.45, 2.75) is 84.5 Å². The molecule has 2 amide bonds. The van der Waals surface area contributed by atoms with Gasteiger partial charge in [0, 0.05) is 50.2 Å². The van der Waals surface area contributed by atoms with Gasteiger partial charge >= 0.3 is 12.2 Å². The molecule has 2 aliphatic rings. The SMILES string of the molecule is Cc1cn2c(C(C)C)cnc2c(NC2CCN(C(=O)O[C@H]3CCN(C(=O)OC(C)(C)C)C3)CC2)n1. The van der Waals surface area contributed by atoms with Crippen molar-refractivity contribution in [3.63, 3.8) is 0 Å². The van der Waals surface area contributed by atoms with Crippen molar-refractivity contribution >= 4 is 23.7 Å². The first-order chi connectivity index (χ1) is 16.5. The number of piperidine rings is 1. The van der Waals surface area contributed by atoms with Gasteiger partial charge in [0.25, 0.3) is 0 Å². The summed E-state index contributed by atoms with van der Waals surface area (Å²) in [4.78, 5) is 37.6. The number of ether oxygens (including phenoxy) is 2. The van der Waals surface area contributed by atoms with Crippen molar-refractivity contribution in [1.29, 1.82) is 0 Å². The topological polar surface area (TPSA) is 101 Å². The number of hydrogen-bond donors (Lipinski definition) is 1. The van der Waals surface area contributed by atoms with Gasteiger partial charge in [0.05, 0.1) is 12.2 Å². The summed E-state index contributed by atoms with van der Waals surface area (Å²) in [7, 11) is 0. The van der Waals surface area contributed by atoms with Gasteiger partial charge in [0.15, 0.2) is 11.5 Å². The zero-order valence-corrected chi connectivity index (χ0v) is 21.7. The maximum Gasteiger partial charge on any atom is 0.410 e. The second-order valence-corrected chi connectivity index (χ2v) is 10.9. The first-order valence-electron chi connectivity index (χ1n) is 12.5. The van der Waals surface area contributed by atoms with Gasteiger partial charge in [-0.25, -0.2) is 19.6 Å². The van der Waals surface area contributed by atoms with Crippen LogP contribution in [0.15, 0.2) is 12.4 Å². The van der Waals surface area contributed by atoms with E-state index in [1.165, 1.54) is 0 Å². The monoisotopic (exact) mass is 486 g/mol. The molecule has 0 bridgehead atoms. The van der Waals surface area contributed by atoms with Crippen LogP contribution in [-0.4, -0.2) is 80.3 Å². The summed E-state index contributed by atoms with van der Waals surface area (Å²) in [6, 6.07) is 0.200. The predicted molar refractivity (Wildman–Crippen MR) is 133 cm³/mol. The Bertz CT molecular complexity index is 1070. The summed E-state index contributed by atoms with van der Waals surface area (Å²) in [6.07, 6.45) is 5.18. The van der Waals surface area contributed by atoms with Crippen molar-refractivity contribution < 1.29 is 19.1 Å². The molecule has 35 heavy (non-hydrogen) atoms. The first kappa shape index (κ1) is 25.1. The zero-order valence-electron chi connectivity index (χ0n) is 21.7. The third kappa shape index (κ3) is 5.97. The van der Waals surface area contributed by atoms with Crippen molar-refractivity contribution in [3.8, 4) is 0 Å². The Hall–Kier alpha value is -3.04. The van der Waals surface area contributed by atoms with Crippen LogP contribution in [0.4, 0.5) is 15.4 Å². The van der Waals surface area contributed by atoms with E-state index in [0.717, 1.165) is 35.7 Å². The van der Waals surface area contributed by atoms with E-state index in [4.69, 9.17) is 14.5 Å². The van der Waals surface area contributed by atoms with Crippen molar-refractivity contribution in [1.82, 2.24) is 24.2 Å². The molecule has 0 spiro atoms. The fourth-order valence-corrected chi connectivity index (χ4v) is 4.58. The van der Waals surface area contributed by atoms with Crippen LogP contribution in [0.1, 0.15) is 71.2 Å². The largest absolute Gasteiger partial charge is 0.444 e. The molecule has 4 rings (SSSR count). The number of rotatable bonds is 4. The molecule has 10 heteroatoms. The van der Waals surface area contributed by atoms with E-state index in [0.29, 0.717) is 38.5 Å². The van der Waals surface area contributed by atoms with Crippen LogP contribution < -0.4 is 5.32 Å². The highest BCUT2D eigenvalue weighted by atomic mass is 16.6. The highest BCUT2D eigenvalue weighted by Gasteiger charge is 2.33. The first-order valence-corrected chi connectivity index (χ1v) is 12.5. The lowest BCUT2D eigenvalue weighted by atomic mass is 10.1. The van der Waals surface area contributed by atoms with Crippen LogP contribution in [0.5, 0.6) is 0 Å². The Kier molecular flexibility index (Phi) is 7.10. The number of nitrogens with one attached hydrogen (secondary N) is 1. The van der Waals surface area contributed by atoms with Gasteiger partial charge in [-0.2, -0.15) is 0 Å². The summed E-state index contributed by atoms with van der Waals surface area (Å²) in [6.45, 7) is 13.9. The number of amides is 2. The zero-order chi connectivity index (χ0) is 25.3. The van der Waals surface area contributed by atoms with E-state index in [1.54, 1.807) is 9.80 Å². The number of hydrogen-bond acceptors (Lipinski definition) is 7. The number of anilines is 1. The highest BCUT2D eigenvalue weighted by molar-refractivity contribution is 5.70. The molecule has 0 saturated carbocycles. The number of carbonyl (C=O) groups is 2. The van der Waals surface area contributed by atoms with E-state index in [-0.39, 0.29) is 24.3 Å². The fraction of sp³-hybridized carbons (Fsp3) is 0.680. The normalized spacial score (nSPS) is 19.5. The number of likely N-dealkylation sites (tertiary alicyclic amines) is 2. The molecule has 0 aromatic carbocycles. The van der Waals surface area contributed by atoms with Crippen LogP contribution in [0, 0.1) is 6.92 Å². The van der Waals surface area contributed by atoms with Gasteiger partial charge in [-0.3, -0.25) is 4.40 Å². The molecule has 0 radical (unpaired) electrons. The maximum absolute atomic E-state index is 12.7. The number of aromatic nitrogens is 3. The summed E-state index contributed by atoms with van der Waals surface area (Å²) >= 11 is 0. The average molecular weight is 487 g/mol. The molecular formula is C25H38N6O4. The molecule has 4 heterocycles. The third-order valence-corrected chi connectivity index (χ3v) is 6.39. The second-order valence-electron chi connectivity index (χ2n) is 10.9. The number of carbonyl (C=O) groups excluding carboxylic acids is 2. The van der Waals surface area contributed by atoms with Crippen LogP contribution >= 0.6 is 0 Å². The standard InChI is InChI=1S/C25H38N6O4/c1-16(2)20-13-26-22-21(27-17(3)14-31(20)22)28-18-7-10-29(11-8-18)23(32)34-19-9-12-30(15-19)24(33)35-25(4,5)6/h13-14,16,18-19H,7-12,15H2,1-6H3,(H,27,28)/t19-/m0/s1. The van der Waals surface area contributed by atoms with Gasteiger partial charge < -0.3 is 24.6 Å². The van der Waals surface area contributed by atoms with Crippen molar-refractivity contribution in [2.24, 2.45) is 0 Å². The molecule has 10 nitrogen and oxygen atoms in total. The predicted octanol–water partition coefficient (Wildman–Crippen LogP) is 4.18. The van der Waals surface area contributed by atoms with Gasteiger partial charge in [-0.1, -0.05) is 13.8 Å². The average Bonchev–Trinajstić information content (AvgIpc) is 3.40. The summed E-state index contributed by atoms with van der Waals surface area (Å²) in [5.41, 5.74) is 2.37. The minimum absolute atomic E-state index is 0.200. The molecule has 2 saturated heterocycles. The lowest BCUT2D eigenvalue weighted by molar-refractivity contribution is 0.0235. The maximum atomic E-state index is 12.7. The quantitative estimate of drug-likeness (QED) is 0.692. The van der Waals surface area contributed by atoms with E-state index < -0.39 is 5.60 Å². The lowest BCUT2D eigenvalue weighted by Gasteiger charge is -2.32. The minimum atomic E-state index is -0.543. The number of imidazole rings is 1. The smallest absolute Gasteiger partial charge is 0.410 e.